The minimum absolute atomic E-state index is 0.0313. The monoisotopic (exact) mass is 273 g/mol. The van der Waals surface area contributed by atoms with Crippen LogP contribution in [0.5, 0.6) is 0 Å². The van der Waals surface area contributed by atoms with Gasteiger partial charge in [-0.1, -0.05) is 51.1 Å². The average molecular weight is 273 g/mol. The van der Waals surface area contributed by atoms with Crippen LogP contribution in [-0.4, -0.2) is 23.5 Å². The molecule has 19 heavy (non-hydrogen) atoms. The summed E-state index contributed by atoms with van der Waals surface area (Å²) in [7, 11) is 0. The third kappa shape index (κ3) is 5.32. The Bertz CT molecular complexity index is 421. The largest absolute Gasteiger partial charge is 0.406 e. The van der Waals surface area contributed by atoms with Crippen LogP contribution in [0.25, 0.3) is 0 Å². The zero-order valence-electron chi connectivity index (χ0n) is 11.3. The van der Waals surface area contributed by atoms with Crippen molar-refractivity contribution in [1.82, 2.24) is 4.90 Å². The molecule has 0 radical (unpaired) electrons. The third-order valence-electron chi connectivity index (χ3n) is 2.52. The summed E-state index contributed by atoms with van der Waals surface area (Å²) in [6.45, 7) is 3.59. The lowest BCUT2D eigenvalue weighted by atomic mass is 9.94. The van der Waals surface area contributed by atoms with Gasteiger partial charge in [0.1, 0.15) is 6.54 Å². The van der Waals surface area contributed by atoms with Gasteiger partial charge in [0, 0.05) is 12.0 Å². The number of halogens is 3. The first-order chi connectivity index (χ1) is 8.59. The Hall–Kier alpha value is -1.52. The molecule has 0 fully saturated rings. The van der Waals surface area contributed by atoms with Gasteiger partial charge in [-0.2, -0.15) is 13.2 Å². The van der Waals surface area contributed by atoms with Gasteiger partial charge in [-0.15, -0.1) is 0 Å². The van der Waals surface area contributed by atoms with Crippen LogP contribution in [-0.2, 0) is 11.3 Å². The molecule has 106 valence electrons. The molecule has 0 aliphatic heterocycles. The maximum absolute atomic E-state index is 12.6. The topological polar surface area (TPSA) is 20.3 Å². The van der Waals surface area contributed by atoms with Crippen molar-refractivity contribution in [2.24, 2.45) is 5.41 Å². The Morgan fingerprint density at radius 1 is 1.11 bits per heavy atom. The van der Waals surface area contributed by atoms with Gasteiger partial charge in [0.2, 0.25) is 5.91 Å². The molecule has 0 heterocycles. The molecular weight excluding hydrogens is 255 g/mol. The Morgan fingerprint density at radius 3 is 2.05 bits per heavy atom. The molecule has 0 saturated carbocycles. The van der Waals surface area contributed by atoms with Crippen LogP contribution < -0.4 is 0 Å². The average Bonchev–Trinajstić information content (AvgIpc) is 2.25. The fraction of sp³-hybridized carbons (Fsp3) is 0.500. The highest BCUT2D eigenvalue weighted by Crippen LogP contribution is 2.24. The molecule has 1 aromatic rings. The number of amides is 1. The molecule has 0 aliphatic carbocycles. The molecule has 0 N–H and O–H groups in total. The predicted octanol–water partition coefficient (Wildman–Crippen LogP) is 3.62. The lowest BCUT2D eigenvalue weighted by Gasteiger charge is -2.30. The molecule has 1 aromatic carbocycles. The number of carbonyl (C=O) groups excluding carboxylic acids is 1. The van der Waals surface area contributed by atoms with Gasteiger partial charge in [-0.25, -0.2) is 0 Å². The molecule has 0 spiro atoms. The van der Waals surface area contributed by atoms with Gasteiger partial charge in [0.25, 0.3) is 0 Å². The number of alkyl halides is 3. The van der Waals surface area contributed by atoms with E-state index in [0.29, 0.717) is 5.56 Å². The van der Waals surface area contributed by atoms with Gasteiger partial charge in [-0.05, 0) is 5.56 Å². The number of carbonyl (C=O) groups is 1. The van der Waals surface area contributed by atoms with Crippen LogP contribution in [0.2, 0.25) is 0 Å². The fourth-order valence-corrected chi connectivity index (χ4v) is 1.69. The van der Waals surface area contributed by atoms with Crippen molar-refractivity contribution in [2.75, 3.05) is 6.54 Å². The van der Waals surface area contributed by atoms with E-state index in [9.17, 15) is 18.0 Å². The summed E-state index contributed by atoms with van der Waals surface area (Å²) < 4.78 is 37.7. The highest BCUT2D eigenvalue weighted by molar-refractivity contribution is 5.81. The molecule has 0 bridgehead atoms. The van der Waals surface area contributed by atoms with Crippen LogP contribution >= 0.6 is 0 Å². The van der Waals surface area contributed by atoms with E-state index in [1.165, 1.54) is 0 Å². The lowest BCUT2D eigenvalue weighted by Crippen LogP contribution is -2.44. The lowest BCUT2D eigenvalue weighted by molar-refractivity contribution is -0.167. The van der Waals surface area contributed by atoms with Crippen molar-refractivity contribution >= 4 is 5.91 Å². The number of benzene rings is 1. The summed E-state index contributed by atoms with van der Waals surface area (Å²) in [5.74, 6) is -0.506. The maximum atomic E-state index is 12.6. The Kier molecular flexibility index (Phi) is 4.61. The molecular formula is C14H18F3NO. The smallest absolute Gasteiger partial charge is 0.329 e. The van der Waals surface area contributed by atoms with Crippen molar-refractivity contribution in [2.45, 2.75) is 33.5 Å². The number of rotatable bonds is 3. The van der Waals surface area contributed by atoms with Crippen molar-refractivity contribution in [3.63, 3.8) is 0 Å². The number of hydrogen-bond acceptors (Lipinski definition) is 1. The first-order valence-corrected chi connectivity index (χ1v) is 5.99. The van der Waals surface area contributed by atoms with Crippen molar-refractivity contribution < 1.29 is 18.0 Å². The first-order valence-electron chi connectivity index (χ1n) is 5.99. The second-order valence-electron chi connectivity index (χ2n) is 5.51. The van der Waals surface area contributed by atoms with Gasteiger partial charge in [0.15, 0.2) is 0 Å². The van der Waals surface area contributed by atoms with Gasteiger partial charge in [-0.3, -0.25) is 4.79 Å². The van der Waals surface area contributed by atoms with E-state index in [0.717, 1.165) is 4.90 Å². The molecule has 5 heteroatoms. The minimum atomic E-state index is -4.39. The van der Waals surface area contributed by atoms with Crippen molar-refractivity contribution in [3.8, 4) is 0 Å². The molecule has 0 aliphatic rings. The standard InChI is InChI=1S/C14H18F3NO/c1-13(2,3)12(19)18(10-14(15,16)17)9-11-7-5-4-6-8-11/h4-8H,9-10H2,1-3H3. The molecule has 0 unspecified atom stereocenters. The van der Waals surface area contributed by atoms with E-state index in [1.54, 1.807) is 51.1 Å². The molecule has 0 aromatic heterocycles. The van der Waals surface area contributed by atoms with E-state index < -0.39 is 24.0 Å². The van der Waals surface area contributed by atoms with E-state index >= 15 is 0 Å². The van der Waals surface area contributed by atoms with E-state index in [1.807, 2.05) is 0 Å². The van der Waals surface area contributed by atoms with Gasteiger partial charge >= 0.3 is 6.18 Å². The maximum Gasteiger partial charge on any atom is 0.406 e. The summed E-state index contributed by atoms with van der Waals surface area (Å²) in [6.07, 6.45) is -4.39. The van der Waals surface area contributed by atoms with E-state index in [2.05, 4.69) is 0 Å². The first kappa shape index (κ1) is 15.5. The molecule has 1 rings (SSSR count). The summed E-state index contributed by atoms with van der Waals surface area (Å²) in [4.78, 5) is 12.9. The van der Waals surface area contributed by atoms with Gasteiger partial charge in [0.05, 0.1) is 0 Å². The van der Waals surface area contributed by atoms with E-state index in [4.69, 9.17) is 0 Å². The third-order valence-corrected chi connectivity index (χ3v) is 2.52. The van der Waals surface area contributed by atoms with Crippen LogP contribution in [0.1, 0.15) is 26.3 Å². The minimum Gasteiger partial charge on any atom is -0.329 e. The summed E-state index contributed by atoms with van der Waals surface area (Å²) in [5, 5.41) is 0. The normalized spacial score (nSPS) is 12.3. The summed E-state index contributed by atoms with van der Waals surface area (Å²) >= 11 is 0. The van der Waals surface area contributed by atoms with Crippen molar-refractivity contribution in [3.05, 3.63) is 35.9 Å². The molecule has 0 atom stereocenters. The van der Waals surface area contributed by atoms with Gasteiger partial charge < -0.3 is 4.90 Å². The summed E-state index contributed by atoms with van der Waals surface area (Å²) in [6, 6.07) is 8.67. The van der Waals surface area contributed by atoms with Crippen molar-refractivity contribution in [1.29, 1.82) is 0 Å². The number of hydrogen-bond donors (Lipinski definition) is 0. The van der Waals surface area contributed by atoms with E-state index in [-0.39, 0.29) is 6.54 Å². The van der Waals surface area contributed by atoms with Crippen LogP contribution in [0, 0.1) is 5.41 Å². The molecule has 0 saturated heterocycles. The highest BCUT2D eigenvalue weighted by Gasteiger charge is 2.36. The second-order valence-corrected chi connectivity index (χ2v) is 5.51. The SMILES string of the molecule is CC(C)(C)C(=O)N(Cc1ccccc1)CC(F)(F)F. The fourth-order valence-electron chi connectivity index (χ4n) is 1.69. The quantitative estimate of drug-likeness (QED) is 0.823. The Morgan fingerprint density at radius 2 is 1.63 bits per heavy atom. The Balaban J connectivity index is 2.90. The number of nitrogens with zero attached hydrogens (tertiary/aromatic N) is 1. The molecule has 2 nitrogen and oxygen atoms in total. The zero-order chi connectivity index (χ0) is 14.7. The Labute approximate surface area is 111 Å². The predicted molar refractivity (Wildman–Crippen MR) is 67.4 cm³/mol. The second kappa shape index (κ2) is 5.63. The zero-order valence-corrected chi connectivity index (χ0v) is 11.3. The highest BCUT2D eigenvalue weighted by atomic mass is 19.4. The summed E-state index contributed by atoms with van der Waals surface area (Å²) in [5.41, 5.74) is -0.149. The van der Waals surface area contributed by atoms with Crippen LogP contribution in [0.3, 0.4) is 0 Å². The van der Waals surface area contributed by atoms with Crippen LogP contribution in [0.4, 0.5) is 13.2 Å². The molecule has 1 amide bonds. The van der Waals surface area contributed by atoms with Crippen LogP contribution in [0.15, 0.2) is 30.3 Å².